The molecule has 4 aromatic rings. The van der Waals surface area contributed by atoms with Gasteiger partial charge in [0.1, 0.15) is 11.8 Å². The molecule has 0 amide bonds. The Labute approximate surface area is 183 Å². The van der Waals surface area contributed by atoms with E-state index in [4.69, 9.17) is 4.84 Å². The van der Waals surface area contributed by atoms with E-state index < -0.39 is 12.5 Å². The van der Waals surface area contributed by atoms with Crippen LogP contribution in [0.1, 0.15) is 54.7 Å². The fourth-order valence-corrected chi connectivity index (χ4v) is 4.42. The number of oxime groups is 1. The zero-order valence-electron chi connectivity index (χ0n) is 17.6. The highest BCUT2D eigenvalue weighted by atomic mass is 19.3. The molecular weight excluding hydrogens is 412 g/mol. The molecule has 1 aliphatic rings. The topological polar surface area (TPSA) is 65.2 Å². The van der Waals surface area contributed by atoms with Gasteiger partial charge in [0.2, 0.25) is 0 Å². The molecule has 0 fully saturated rings. The predicted molar refractivity (Wildman–Crippen MR) is 117 cm³/mol. The first kappa shape index (κ1) is 20.2. The second kappa shape index (κ2) is 8.11. The molecule has 4 aromatic heterocycles. The zero-order chi connectivity index (χ0) is 22.2. The van der Waals surface area contributed by atoms with Crippen molar-refractivity contribution in [1.82, 2.24) is 19.5 Å². The molecule has 2 atom stereocenters. The van der Waals surface area contributed by atoms with Crippen LogP contribution >= 0.6 is 0 Å². The fourth-order valence-electron chi connectivity index (χ4n) is 4.42. The van der Waals surface area contributed by atoms with Crippen LogP contribution < -0.4 is 0 Å². The Morgan fingerprint density at radius 1 is 1.00 bits per heavy atom. The summed E-state index contributed by atoms with van der Waals surface area (Å²) in [6.45, 7) is 1.11. The number of halogens is 2. The minimum absolute atomic E-state index is 0.0854. The van der Waals surface area contributed by atoms with Crippen LogP contribution in [0, 0.1) is 0 Å². The van der Waals surface area contributed by atoms with Crippen LogP contribution in [0.4, 0.5) is 8.78 Å². The molecule has 5 heterocycles. The van der Waals surface area contributed by atoms with Crippen molar-refractivity contribution < 1.29 is 13.6 Å². The number of alkyl halides is 2. The van der Waals surface area contributed by atoms with Gasteiger partial charge in [-0.15, -0.1) is 0 Å². The molecule has 0 radical (unpaired) electrons. The molecule has 0 bridgehead atoms. The van der Waals surface area contributed by atoms with Crippen LogP contribution in [-0.4, -0.2) is 31.3 Å². The number of hydrogen-bond donors (Lipinski definition) is 0. The molecular formula is C24H21F2N5O. The van der Waals surface area contributed by atoms with E-state index >= 15 is 0 Å². The van der Waals surface area contributed by atoms with Crippen LogP contribution in [0.15, 0.2) is 72.4 Å². The third-order valence-corrected chi connectivity index (χ3v) is 5.85. The molecule has 32 heavy (non-hydrogen) atoms. The Balaban J connectivity index is 1.75. The van der Waals surface area contributed by atoms with E-state index in [2.05, 4.69) is 20.1 Å². The van der Waals surface area contributed by atoms with Gasteiger partial charge in [-0.25, -0.2) is 4.98 Å². The van der Waals surface area contributed by atoms with Gasteiger partial charge in [-0.2, -0.15) is 8.78 Å². The summed E-state index contributed by atoms with van der Waals surface area (Å²) in [7, 11) is 0. The second-order valence-corrected chi connectivity index (χ2v) is 7.87. The molecule has 1 aliphatic heterocycles. The summed E-state index contributed by atoms with van der Waals surface area (Å²) in [5.74, 6) is -0.512. The first-order chi connectivity index (χ1) is 15.5. The largest absolute Gasteiger partial charge is 0.392 e. The van der Waals surface area contributed by atoms with Gasteiger partial charge >= 0.3 is 6.55 Å². The quantitative estimate of drug-likeness (QED) is 0.430. The smallest absolute Gasteiger partial charge is 0.320 e. The lowest BCUT2D eigenvalue weighted by molar-refractivity contribution is 0.0744. The van der Waals surface area contributed by atoms with Crippen molar-refractivity contribution in [2.24, 2.45) is 5.16 Å². The minimum Gasteiger partial charge on any atom is -0.392 e. The Hall–Kier alpha value is -3.68. The summed E-state index contributed by atoms with van der Waals surface area (Å²) < 4.78 is 28.8. The van der Waals surface area contributed by atoms with Crippen molar-refractivity contribution >= 4 is 16.7 Å². The highest BCUT2D eigenvalue weighted by Crippen LogP contribution is 2.38. The van der Waals surface area contributed by atoms with E-state index in [1.807, 2.05) is 56.3 Å². The van der Waals surface area contributed by atoms with Crippen molar-refractivity contribution in [3.63, 3.8) is 0 Å². The van der Waals surface area contributed by atoms with Gasteiger partial charge in [-0.3, -0.25) is 14.5 Å². The summed E-state index contributed by atoms with van der Waals surface area (Å²) in [6, 6.07) is 13.1. The van der Waals surface area contributed by atoms with Gasteiger partial charge in [0.25, 0.3) is 0 Å². The van der Waals surface area contributed by atoms with Crippen molar-refractivity contribution in [2.75, 3.05) is 0 Å². The van der Waals surface area contributed by atoms with Crippen LogP contribution in [0.3, 0.4) is 0 Å². The standard InChI is InChI=1S/C24H21F2N5O/c1-14-21(15(2)32-30-14)16-11-17-18(13-31(24(25)26)23(17)29-12-16)22(19-7-3-5-9-27-19)20-8-4-6-10-28-20/h3-13,15,21-22,24H,1-2H3. The average Bonchev–Trinajstić information content (AvgIpc) is 3.35. The van der Waals surface area contributed by atoms with Gasteiger partial charge in [0.05, 0.1) is 28.9 Å². The molecule has 8 heteroatoms. The lowest BCUT2D eigenvalue weighted by atomic mass is 9.88. The Morgan fingerprint density at radius 3 is 2.22 bits per heavy atom. The number of fused-ring (bicyclic) bond motifs is 1. The van der Waals surface area contributed by atoms with E-state index in [9.17, 15) is 8.78 Å². The highest BCUT2D eigenvalue weighted by molar-refractivity contribution is 5.91. The Bertz CT molecular complexity index is 1230. The van der Waals surface area contributed by atoms with Crippen LogP contribution in [0.2, 0.25) is 0 Å². The maximum absolute atomic E-state index is 14.0. The Kier molecular flexibility index (Phi) is 5.13. The molecule has 0 N–H and O–H groups in total. The molecule has 162 valence electrons. The van der Waals surface area contributed by atoms with E-state index in [0.29, 0.717) is 10.9 Å². The maximum Gasteiger partial charge on any atom is 0.320 e. The third kappa shape index (κ3) is 3.41. The highest BCUT2D eigenvalue weighted by Gasteiger charge is 2.32. The van der Waals surface area contributed by atoms with Gasteiger partial charge in [-0.1, -0.05) is 17.3 Å². The molecule has 0 aliphatic carbocycles. The monoisotopic (exact) mass is 433 g/mol. The summed E-state index contributed by atoms with van der Waals surface area (Å²) in [5, 5.41) is 4.72. The minimum atomic E-state index is -2.73. The Morgan fingerprint density at radius 2 is 1.69 bits per heavy atom. The maximum atomic E-state index is 14.0. The first-order valence-electron chi connectivity index (χ1n) is 10.3. The molecule has 0 saturated carbocycles. The SMILES string of the molecule is CC1=NOC(C)C1c1cnc2c(c1)c(C(c1ccccn1)c1ccccn1)cn2C(F)F. The number of pyridine rings is 3. The van der Waals surface area contributed by atoms with Gasteiger partial charge in [0.15, 0.2) is 0 Å². The van der Waals surface area contributed by atoms with Gasteiger partial charge < -0.3 is 4.84 Å². The molecule has 2 unspecified atom stereocenters. The van der Waals surface area contributed by atoms with E-state index in [1.54, 1.807) is 18.6 Å². The van der Waals surface area contributed by atoms with Gasteiger partial charge in [0, 0.05) is 30.2 Å². The van der Waals surface area contributed by atoms with Crippen molar-refractivity contribution in [3.8, 4) is 0 Å². The summed E-state index contributed by atoms with van der Waals surface area (Å²) in [4.78, 5) is 18.9. The average molecular weight is 433 g/mol. The van der Waals surface area contributed by atoms with Crippen molar-refractivity contribution in [3.05, 3.63) is 89.8 Å². The van der Waals surface area contributed by atoms with Gasteiger partial charge in [-0.05, 0) is 55.3 Å². The normalized spacial score (nSPS) is 18.4. The van der Waals surface area contributed by atoms with E-state index in [0.717, 1.165) is 27.2 Å². The van der Waals surface area contributed by atoms with Crippen LogP contribution in [-0.2, 0) is 4.84 Å². The molecule has 0 aromatic carbocycles. The third-order valence-electron chi connectivity index (χ3n) is 5.85. The van der Waals surface area contributed by atoms with E-state index in [1.165, 1.54) is 6.20 Å². The molecule has 0 saturated heterocycles. The van der Waals surface area contributed by atoms with Crippen LogP contribution in [0.25, 0.3) is 11.0 Å². The predicted octanol–water partition coefficient (Wildman–Crippen LogP) is 5.28. The first-order valence-corrected chi connectivity index (χ1v) is 10.3. The summed E-state index contributed by atoms with van der Waals surface area (Å²) >= 11 is 0. The van der Waals surface area contributed by atoms with E-state index in [-0.39, 0.29) is 17.7 Å². The second-order valence-electron chi connectivity index (χ2n) is 7.87. The fraction of sp³-hybridized carbons (Fsp3) is 0.250. The molecule has 6 nitrogen and oxygen atoms in total. The summed E-state index contributed by atoms with van der Waals surface area (Å²) in [5.41, 5.74) is 4.04. The van der Waals surface area contributed by atoms with Crippen LogP contribution in [0.5, 0.6) is 0 Å². The van der Waals surface area contributed by atoms with Crippen molar-refractivity contribution in [2.45, 2.75) is 38.3 Å². The number of aromatic nitrogens is 4. The zero-order valence-corrected chi connectivity index (χ0v) is 17.6. The number of nitrogens with zero attached hydrogens (tertiary/aromatic N) is 5. The summed E-state index contributed by atoms with van der Waals surface area (Å²) in [6.07, 6.45) is 6.33. The lowest BCUT2D eigenvalue weighted by Gasteiger charge is -2.17. The van der Waals surface area contributed by atoms with Crippen molar-refractivity contribution in [1.29, 1.82) is 0 Å². The molecule has 0 spiro atoms. The lowest BCUT2D eigenvalue weighted by Crippen LogP contribution is -2.17. The number of rotatable bonds is 5. The number of hydrogen-bond acceptors (Lipinski definition) is 5. The molecule has 5 rings (SSSR count).